The summed E-state index contributed by atoms with van der Waals surface area (Å²) in [5, 5.41) is 44.8. The zero-order chi connectivity index (χ0) is 26.1. The minimum absolute atomic E-state index is 0.00265. The maximum absolute atomic E-state index is 13.7. The first-order valence-corrected chi connectivity index (χ1v) is 11.5. The number of allylic oxidation sites excluding steroid dienone is 1. The Morgan fingerprint density at radius 2 is 1.72 bits per heavy atom. The number of carbonyl (C=O) groups excluding carboxylic acids is 3. The minimum Gasteiger partial charge on any atom is -0.510 e. The Morgan fingerprint density at radius 3 is 2.33 bits per heavy atom. The Morgan fingerprint density at radius 1 is 1.06 bits per heavy atom. The van der Waals surface area contributed by atoms with Gasteiger partial charge in [-0.1, -0.05) is 42.5 Å². The SMILES string of the molecule is CN(C)[C@@H]1C(O)=C(C(N)=O)C(=O)[C@@]2(O)C(O)=C3C(=O)c4c(ccc(-c5ccccc5)c4O)C[C@H]3C[C@@H]12. The van der Waals surface area contributed by atoms with Crippen LogP contribution >= 0.6 is 0 Å². The first kappa shape index (κ1) is 23.8. The van der Waals surface area contributed by atoms with Gasteiger partial charge in [0.2, 0.25) is 5.78 Å². The van der Waals surface area contributed by atoms with Gasteiger partial charge >= 0.3 is 0 Å². The van der Waals surface area contributed by atoms with Gasteiger partial charge in [-0.15, -0.1) is 0 Å². The molecule has 4 atom stereocenters. The van der Waals surface area contributed by atoms with E-state index in [9.17, 15) is 34.8 Å². The summed E-state index contributed by atoms with van der Waals surface area (Å²) in [6, 6.07) is 11.5. The first-order chi connectivity index (χ1) is 17.0. The smallest absolute Gasteiger partial charge is 0.255 e. The number of aliphatic hydroxyl groups excluding tert-OH is 2. The van der Waals surface area contributed by atoms with E-state index in [0.29, 0.717) is 16.7 Å². The molecule has 0 saturated carbocycles. The largest absolute Gasteiger partial charge is 0.510 e. The molecule has 9 nitrogen and oxygen atoms in total. The third-order valence-corrected chi connectivity index (χ3v) is 7.68. The Bertz CT molecular complexity index is 1390. The van der Waals surface area contributed by atoms with E-state index < -0.39 is 58.0 Å². The molecule has 1 amide bonds. The number of aliphatic hydroxyl groups is 3. The predicted molar refractivity (Wildman–Crippen MR) is 129 cm³/mol. The number of fused-ring (bicyclic) bond motifs is 3. The number of hydrogen-bond donors (Lipinski definition) is 5. The van der Waals surface area contributed by atoms with Crippen molar-refractivity contribution >= 4 is 17.5 Å². The lowest BCUT2D eigenvalue weighted by Crippen LogP contribution is -2.63. The zero-order valence-electron chi connectivity index (χ0n) is 19.7. The average Bonchev–Trinajstić information content (AvgIpc) is 2.81. The summed E-state index contributed by atoms with van der Waals surface area (Å²) in [6.07, 6.45) is 0.324. The highest BCUT2D eigenvalue weighted by atomic mass is 16.3. The molecular formula is C27H26N2O7. The summed E-state index contributed by atoms with van der Waals surface area (Å²) in [7, 11) is 3.19. The molecule has 0 aliphatic heterocycles. The van der Waals surface area contributed by atoms with Gasteiger partial charge in [-0.2, -0.15) is 0 Å². The standard InChI is InChI=1S/C27H26N2O7/c1-29(2)20-16-11-14-10-13-8-9-15(12-6-4-3-5-7-12)21(30)17(13)22(31)18(14)24(33)27(16,36)25(34)19(23(20)32)26(28)35/h3-9,14,16,20,30,32-33,36H,10-11H2,1-2H3,(H2,28,35)/t14-,16-,20-,27-/m0/s1. The van der Waals surface area contributed by atoms with Gasteiger partial charge in [0, 0.05) is 17.1 Å². The van der Waals surface area contributed by atoms with Crippen molar-refractivity contribution in [1.29, 1.82) is 0 Å². The van der Waals surface area contributed by atoms with Crippen LogP contribution < -0.4 is 5.73 Å². The lowest BCUT2D eigenvalue weighted by atomic mass is 9.58. The number of hydrogen-bond acceptors (Lipinski definition) is 8. The number of rotatable bonds is 3. The molecule has 2 aromatic rings. The van der Waals surface area contributed by atoms with Gasteiger partial charge in [-0.25, -0.2) is 0 Å². The van der Waals surface area contributed by atoms with E-state index in [4.69, 9.17) is 5.73 Å². The topological polar surface area (TPSA) is 161 Å². The van der Waals surface area contributed by atoms with Crippen LogP contribution in [-0.2, 0) is 16.0 Å². The van der Waals surface area contributed by atoms with Gasteiger partial charge in [0.25, 0.3) is 5.91 Å². The molecule has 6 N–H and O–H groups in total. The van der Waals surface area contributed by atoms with Crippen LogP contribution in [-0.4, -0.2) is 68.5 Å². The Balaban J connectivity index is 1.70. The third-order valence-electron chi connectivity index (χ3n) is 7.68. The number of carbonyl (C=O) groups is 3. The predicted octanol–water partition coefficient (Wildman–Crippen LogP) is 1.79. The molecule has 9 heteroatoms. The molecule has 0 heterocycles. The van der Waals surface area contributed by atoms with E-state index in [2.05, 4.69) is 0 Å². The first-order valence-electron chi connectivity index (χ1n) is 11.5. The van der Waals surface area contributed by atoms with Crippen LogP contribution in [0.4, 0.5) is 0 Å². The maximum atomic E-state index is 13.7. The summed E-state index contributed by atoms with van der Waals surface area (Å²) >= 11 is 0. The fourth-order valence-electron chi connectivity index (χ4n) is 6.08. The number of primary amides is 1. The molecular weight excluding hydrogens is 464 g/mol. The van der Waals surface area contributed by atoms with E-state index in [1.807, 2.05) is 6.07 Å². The van der Waals surface area contributed by atoms with Crippen LogP contribution in [0, 0.1) is 11.8 Å². The van der Waals surface area contributed by atoms with Crippen molar-refractivity contribution in [3.8, 4) is 16.9 Å². The summed E-state index contributed by atoms with van der Waals surface area (Å²) in [4.78, 5) is 40.6. The van der Waals surface area contributed by atoms with Crippen LogP contribution in [0.5, 0.6) is 5.75 Å². The third kappa shape index (κ3) is 3.06. The maximum Gasteiger partial charge on any atom is 0.255 e. The van der Waals surface area contributed by atoms with Crippen molar-refractivity contribution in [2.75, 3.05) is 14.1 Å². The second-order valence-corrected chi connectivity index (χ2v) is 9.82. The molecule has 0 aromatic heterocycles. The van der Waals surface area contributed by atoms with Crippen LogP contribution in [0.2, 0.25) is 0 Å². The number of nitrogens with two attached hydrogens (primary N) is 1. The highest BCUT2D eigenvalue weighted by molar-refractivity contribution is 6.24. The summed E-state index contributed by atoms with van der Waals surface area (Å²) in [5.41, 5.74) is 3.40. The lowest BCUT2D eigenvalue weighted by Gasteiger charge is -2.50. The highest BCUT2D eigenvalue weighted by Gasteiger charge is 2.63. The van der Waals surface area contributed by atoms with Crippen molar-refractivity contribution in [3.05, 3.63) is 76.3 Å². The number of nitrogens with zero attached hydrogens (tertiary/aromatic N) is 1. The number of ketones is 2. The van der Waals surface area contributed by atoms with E-state index in [1.54, 1.807) is 50.5 Å². The molecule has 0 saturated heterocycles. The van der Waals surface area contributed by atoms with Gasteiger partial charge in [0.05, 0.1) is 11.6 Å². The van der Waals surface area contributed by atoms with Gasteiger partial charge in [0.15, 0.2) is 11.4 Å². The van der Waals surface area contributed by atoms with Crippen LogP contribution in [0.1, 0.15) is 22.3 Å². The molecule has 186 valence electrons. The molecule has 0 unspecified atom stereocenters. The molecule has 0 spiro atoms. The van der Waals surface area contributed by atoms with Crippen LogP contribution in [0.15, 0.2) is 65.1 Å². The Kier molecular flexibility index (Phi) is 5.31. The van der Waals surface area contributed by atoms with Gasteiger partial charge in [0.1, 0.15) is 22.8 Å². The fourth-order valence-corrected chi connectivity index (χ4v) is 6.08. The summed E-state index contributed by atoms with van der Waals surface area (Å²) in [6.45, 7) is 0. The molecule has 3 aliphatic carbocycles. The van der Waals surface area contributed by atoms with Gasteiger partial charge < -0.3 is 26.2 Å². The molecule has 0 radical (unpaired) electrons. The highest BCUT2D eigenvalue weighted by Crippen LogP contribution is 2.52. The van der Waals surface area contributed by atoms with Crippen molar-refractivity contribution < 1.29 is 34.8 Å². The number of amides is 1. The number of likely N-dealkylation sites (N-methyl/N-ethyl adjacent to an activating group) is 1. The molecule has 3 aliphatic rings. The summed E-state index contributed by atoms with van der Waals surface area (Å²) < 4.78 is 0. The minimum atomic E-state index is -2.64. The molecule has 36 heavy (non-hydrogen) atoms. The zero-order valence-corrected chi connectivity index (χ0v) is 19.7. The second-order valence-electron chi connectivity index (χ2n) is 9.82. The monoisotopic (exact) mass is 490 g/mol. The number of aromatic hydroxyl groups is 1. The van der Waals surface area contributed by atoms with E-state index in [-0.39, 0.29) is 29.7 Å². The second kappa shape index (κ2) is 8.04. The van der Waals surface area contributed by atoms with Crippen LogP contribution in [0.25, 0.3) is 11.1 Å². The molecule has 0 bridgehead atoms. The van der Waals surface area contributed by atoms with E-state index in [1.165, 1.54) is 4.90 Å². The van der Waals surface area contributed by atoms with Gasteiger partial charge in [-0.3, -0.25) is 19.3 Å². The number of phenolic OH excluding ortho intramolecular Hbond substituents is 1. The van der Waals surface area contributed by atoms with Crippen molar-refractivity contribution in [2.45, 2.75) is 24.5 Å². The van der Waals surface area contributed by atoms with Crippen molar-refractivity contribution in [2.24, 2.45) is 17.6 Å². The van der Waals surface area contributed by atoms with E-state index in [0.717, 1.165) is 0 Å². The summed E-state index contributed by atoms with van der Waals surface area (Å²) in [5.74, 6) is -6.54. The average molecular weight is 491 g/mol. The Hall–Kier alpha value is -3.95. The fraction of sp³-hybridized carbons (Fsp3) is 0.296. The van der Waals surface area contributed by atoms with Crippen molar-refractivity contribution in [3.63, 3.8) is 0 Å². The normalized spacial score (nSPS) is 27.6. The van der Waals surface area contributed by atoms with Crippen molar-refractivity contribution in [1.82, 2.24) is 4.90 Å². The quantitative estimate of drug-likeness (QED) is 0.407. The number of benzene rings is 2. The number of phenols is 1. The van der Waals surface area contributed by atoms with Gasteiger partial charge in [-0.05, 0) is 44.0 Å². The number of Topliss-reactive ketones (excluding diaryl/α,β-unsaturated/α-hetero) is 2. The molecule has 5 rings (SSSR count). The molecule has 2 aromatic carbocycles. The molecule has 0 fully saturated rings. The van der Waals surface area contributed by atoms with E-state index >= 15 is 0 Å². The van der Waals surface area contributed by atoms with Crippen LogP contribution in [0.3, 0.4) is 0 Å². The lowest BCUT2D eigenvalue weighted by molar-refractivity contribution is -0.148. The Labute approximate surface area is 206 Å².